The molecule has 1 heterocycles. The van der Waals surface area contributed by atoms with Gasteiger partial charge in [-0.05, 0) is 19.1 Å². The number of anilines is 1. The number of ketones is 1. The van der Waals surface area contributed by atoms with E-state index in [-0.39, 0.29) is 11.6 Å². The SMILES string of the molecule is Cc1ccc(C(=O)c2cccnc2N)cc1. The lowest BCUT2D eigenvalue weighted by Crippen LogP contribution is -2.06. The fraction of sp³-hybridized carbons (Fsp3) is 0.0769. The average Bonchev–Trinajstić information content (AvgIpc) is 2.30. The van der Waals surface area contributed by atoms with Gasteiger partial charge in [-0.3, -0.25) is 4.79 Å². The summed E-state index contributed by atoms with van der Waals surface area (Å²) in [7, 11) is 0. The first-order chi connectivity index (χ1) is 7.68. The molecule has 80 valence electrons. The highest BCUT2D eigenvalue weighted by Gasteiger charge is 2.11. The van der Waals surface area contributed by atoms with Crippen LogP contribution in [0.1, 0.15) is 21.5 Å². The first-order valence-electron chi connectivity index (χ1n) is 5.00. The van der Waals surface area contributed by atoms with Gasteiger partial charge in [-0.2, -0.15) is 0 Å². The van der Waals surface area contributed by atoms with E-state index in [0.717, 1.165) is 5.56 Å². The lowest BCUT2D eigenvalue weighted by Gasteiger charge is -2.03. The fourth-order valence-corrected chi connectivity index (χ4v) is 1.47. The van der Waals surface area contributed by atoms with Crippen LogP contribution < -0.4 is 5.73 Å². The molecule has 0 saturated carbocycles. The van der Waals surface area contributed by atoms with Crippen molar-refractivity contribution in [2.75, 3.05) is 5.73 Å². The van der Waals surface area contributed by atoms with Crippen LogP contribution in [0.4, 0.5) is 5.82 Å². The minimum Gasteiger partial charge on any atom is -0.383 e. The summed E-state index contributed by atoms with van der Waals surface area (Å²) in [6, 6.07) is 10.8. The van der Waals surface area contributed by atoms with Gasteiger partial charge in [0.05, 0.1) is 5.56 Å². The van der Waals surface area contributed by atoms with Crippen molar-refractivity contribution in [2.45, 2.75) is 6.92 Å². The summed E-state index contributed by atoms with van der Waals surface area (Å²) in [5.41, 5.74) is 7.86. The molecule has 0 unspecified atom stereocenters. The Balaban J connectivity index is 2.40. The first-order valence-corrected chi connectivity index (χ1v) is 5.00. The van der Waals surface area contributed by atoms with Gasteiger partial charge < -0.3 is 5.73 Å². The smallest absolute Gasteiger partial charge is 0.196 e. The third-order valence-electron chi connectivity index (χ3n) is 2.40. The fourth-order valence-electron chi connectivity index (χ4n) is 1.47. The van der Waals surface area contributed by atoms with Crippen LogP contribution in [0.5, 0.6) is 0 Å². The number of hydrogen-bond acceptors (Lipinski definition) is 3. The minimum atomic E-state index is -0.0920. The molecule has 0 radical (unpaired) electrons. The summed E-state index contributed by atoms with van der Waals surface area (Å²) < 4.78 is 0. The van der Waals surface area contributed by atoms with Gasteiger partial charge in [-0.25, -0.2) is 4.98 Å². The Kier molecular flexibility index (Phi) is 2.68. The van der Waals surface area contributed by atoms with E-state index in [2.05, 4.69) is 4.98 Å². The normalized spacial score (nSPS) is 10.1. The van der Waals surface area contributed by atoms with E-state index < -0.39 is 0 Å². The number of pyridine rings is 1. The van der Waals surface area contributed by atoms with Crippen molar-refractivity contribution < 1.29 is 4.79 Å². The van der Waals surface area contributed by atoms with Crippen LogP contribution in [-0.4, -0.2) is 10.8 Å². The van der Waals surface area contributed by atoms with Crippen LogP contribution >= 0.6 is 0 Å². The maximum Gasteiger partial charge on any atom is 0.196 e. The van der Waals surface area contributed by atoms with Gasteiger partial charge in [0.25, 0.3) is 0 Å². The summed E-state index contributed by atoms with van der Waals surface area (Å²) in [5.74, 6) is 0.179. The predicted octanol–water partition coefficient (Wildman–Crippen LogP) is 2.20. The summed E-state index contributed by atoms with van der Waals surface area (Å²) >= 11 is 0. The molecule has 1 aromatic heterocycles. The Bertz CT molecular complexity index is 518. The summed E-state index contributed by atoms with van der Waals surface area (Å²) in [4.78, 5) is 16.0. The Hall–Kier alpha value is -2.16. The van der Waals surface area contributed by atoms with Gasteiger partial charge in [0.1, 0.15) is 5.82 Å². The molecule has 2 rings (SSSR count). The molecule has 0 spiro atoms. The molecule has 0 amide bonds. The number of rotatable bonds is 2. The van der Waals surface area contributed by atoms with Crippen LogP contribution in [0.2, 0.25) is 0 Å². The number of aryl methyl sites for hydroxylation is 1. The van der Waals surface area contributed by atoms with Gasteiger partial charge in [0.15, 0.2) is 5.78 Å². The van der Waals surface area contributed by atoms with Crippen molar-refractivity contribution in [1.82, 2.24) is 4.98 Å². The van der Waals surface area contributed by atoms with Crippen LogP contribution in [0.25, 0.3) is 0 Å². The number of carbonyl (C=O) groups excluding carboxylic acids is 1. The molecule has 3 heteroatoms. The highest BCUT2D eigenvalue weighted by atomic mass is 16.1. The van der Waals surface area contributed by atoms with Crippen LogP contribution in [0.15, 0.2) is 42.6 Å². The standard InChI is InChI=1S/C13H12N2O/c1-9-4-6-10(7-5-9)12(16)11-3-2-8-15-13(11)14/h2-8H,1H3,(H2,14,15). The maximum atomic E-state index is 12.1. The number of hydrogen-bond donors (Lipinski definition) is 1. The molecule has 16 heavy (non-hydrogen) atoms. The largest absolute Gasteiger partial charge is 0.383 e. The van der Waals surface area contributed by atoms with Crippen molar-refractivity contribution in [2.24, 2.45) is 0 Å². The molecule has 0 atom stereocenters. The molecule has 2 aromatic rings. The second-order valence-corrected chi connectivity index (χ2v) is 3.63. The van der Waals surface area contributed by atoms with Crippen molar-refractivity contribution in [3.63, 3.8) is 0 Å². The zero-order valence-corrected chi connectivity index (χ0v) is 8.97. The molecule has 0 fully saturated rings. The Morgan fingerprint density at radius 3 is 2.50 bits per heavy atom. The minimum absolute atomic E-state index is 0.0920. The molecule has 0 aliphatic rings. The molecule has 2 N–H and O–H groups in total. The second-order valence-electron chi connectivity index (χ2n) is 3.63. The third-order valence-corrected chi connectivity index (χ3v) is 2.40. The van der Waals surface area contributed by atoms with Crippen molar-refractivity contribution in [3.8, 4) is 0 Å². The lowest BCUT2D eigenvalue weighted by atomic mass is 10.0. The van der Waals surface area contributed by atoms with Crippen LogP contribution in [0.3, 0.4) is 0 Å². The summed E-state index contributed by atoms with van der Waals surface area (Å²) in [6.07, 6.45) is 1.57. The monoisotopic (exact) mass is 212 g/mol. The van der Waals surface area contributed by atoms with E-state index in [4.69, 9.17) is 5.73 Å². The van der Waals surface area contributed by atoms with E-state index >= 15 is 0 Å². The summed E-state index contributed by atoms with van der Waals surface area (Å²) in [5, 5.41) is 0. The van der Waals surface area contributed by atoms with Crippen LogP contribution in [0, 0.1) is 6.92 Å². The number of nitrogens with zero attached hydrogens (tertiary/aromatic N) is 1. The Morgan fingerprint density at radius 1 is 1.19 bits per heavy atom. The topological polar surface area (TPSA) is 56.0 Å². The molecule has 0 saturated heterocycles. The van der Waals surface area contributed by atoms with Crippen LogP contribution in [-0.2, 0) is 0 Å². The maximum absolute atomic E-state index is 12.1. The highest BCUT2D eigenvalue weighted by molar-refractivity contribution is 6.11. The van der Waals surface area contributed by atoms with E-state index in [0.29, 0.717) is 11.1 Å². The van der Waals surface area contributed by atoms with E-state index in [1.165, 1.54) is 0 Å². The predicted molar refractivity (Wildman–Crippen MR) is 63.3 cm³/mol. The van der Waals surface area contributed by atoms with Gasteiger partial charge >= 0.3 is 0 Å². The van der Waals surface area contributed by atoms with Gasteiger partial charge in [-0.15, -0.1) is 0 Å². The van der Waals surface area contributed by atoms with Crippen molar-refractivity contribution in [3.05, 3.63) is 59.3 Å². The number of carbonyl (C=O) groups is 1. The molecule has 1 aromatic carbocycles. The van der Waals surface area contributed by atoms with Crippen molar-refractivity contribution in [1.29, 1.82) is 0 Å². The number of benzene rings is 1. The Labute approximate surface area is 93.9 Å². The zero-order chi connectivity index (χ0) is 11.5. The Morgan fingerprint density at radius 2 is 1.88 bits per heavy atom. The van der Waals surface area contributed by atoms with Crippen molar-refractivity contribution >= 4 is 11.6 Å². The zero-order valence-electron chi connectivity index (χ0n) is 8.97. The molecular weight excluding hydrogens is 200 g/mol. The molecule has 0 aliphatic heterocycles. The lowest BCUT2D eigenvalue weighted by molar-refractivity contribution is 0.103. The van der Waals surface area contributed by atoms with E-state index in [1.54, 1.807) is 30.5 Å². The van der Waals surface area contributed by atoms with Gasteiger partial charge in [0, 0.05) is 11.8 Å². The van der Waals surface area contributed by atoms with Gasteiger partial charge in [-0.1, -0.05) is 29.8 Å². The highest BCUT2D eigenvalue weighted by Crippen LogP contribution is 2.14. The third kappa shape index (κ3) is 1.93. The van der Waals surface area contributed by atoms with Gasteiger partial charge in [0.2, 0.25) is 0 Å². The molecule has 0 bridgehead atoms. The number of nitrogen functional groups attached to an aromatic ring is 1. The quantitative estimate of drug-likeness (QED) is 0.776. The number of aromatic nitrogens is 1. The second kappa shape index (κ2) is 4.14. The first kappa shape index (κ1) is 10.4. The number of nitrogens with two attached hydrogens (primary N) is 1. The molecule has 0 aliphatic carbocycles. The van der Waals surface area contributed by atoms with E-state index in [1.807, 2.05) is 19.1 Å². The molecule has 3 nitrogen and oxygen atoms in total. The average molecular weight is 212 g/mol. The molecular formula is C13H12N2O. The summed E-state index contributed by atoms with van der Waals surface area (Å²) in [6.45, 7) is 1.98. The van der Waals surface area contributed by atoms with E-state index in [9.17, 15) is 4.79 Å².